The van der Waals surface area contributed by atoms with E-state index in [2.05, 4.69) is 15.0 Å². The molecule has 2 fully saturated rings. The zero-order valence-electron chi connectivity index (χ0n) is 19.1. The van der Waals surface area contributed by atoms with E-state index in [1.807, 2.05) is 0 Å². The van der Waals surface area contributed by atoms with Crippen LogP contribution in [-0.2, 0) is 25.5 Å². The summed E-state index contributed by atoms with van der Waals surface area (Å²) < 4.78 is 33.1. The number of fused-ring (bicyclic) bond motifs is 2. The van der Waals surface area contributed by atoms with Crippen LogP contribution in [0.5, 0.6) is 5.75 Å². The number of nitrogen functional groups attached to an aromatic ring is 1. The van der Waals surface area contributed by atoms with E-state index < -0.39 is 54.2 Å². The zero-order chi connectivity index (χ0) is 26.7. The van der Waals surface area contributed by atoms with Gasteiger partial charge in [0.25, 0.3) is 5.60 Å². The van der Waals surface area contributed by atoms with E-state index in [0.717, 1.165) is 4.57 Å². The molecule has 5 rings (SSSR count). The van der Waals surface area contributed by atoms with Crippen molar-refractivity contribution < 1.29 is 43.5 Å². The number of benzene rings is 1. The van der Waals surface area contributed by atoms with Gasteiger partial charge in [-0.3, -0.25) is 4.57 Å². The van der Waals surface area contributed by atoms with Crippen LogP contribution in [0.4, 0.5) is 10.2 Å². The van der Waals surface area contributed by atoms with Gasteiger partial charge in [0.1, 0.15) is 23.5 Å². The number of alkyl halides is 1. The number of nitrogens with two attached hydrogens (primary N) is 1. The van der Waals surface area contributed by atoms with Gasteiger partial charge in [0, 0.05) is 6.42 Å². The van der Waals surface area contributed by atoms with Crippen LogP contribution in [0.1, 0.15) is 18.7 Å². The molecule has 0 amide bonds. The lowest BCUT2D eigenvalue weighted by atomic mass is 9.94. The molecule has 1 unspecified atom stereocenters. The van der Waals surface area contributed by atoms with Crippen molar-refractivity contribution in [3.8, 4) is 5.75 Å². The molecule has 1 saturated carbocycles. The Hall–Kier alpha value is -3.59. The third kappa shape index (κ3) is 3.83. The molecule has 196 valence electrons. The van der Waals surface area contributed by atoms with Crippen molar-refractivity contribution >= 4 is 40.5 Å². The van der Waals surface area contributed by atoms with Crippen LogP contribution in [0.25, 0.3) is 11.2 Å². The molecule has 37 heavy (non-hydrogen) atoms. The Kier molecular flexibility index (Phi) is 5.94. The minimum Gasteiger partial charge on any atom is -0.494 e. The Morgan fingerprint density at radius 1 is 1.27 bits per heavy atom. The van der Waals surface area contributed by atoms with Gasteiger partial charge in [0.15, 0.2) is 29.5 Å². The monoisotopic (exact) mass is 537 g/mol. The number of aliphatic hydroxyl groups is 1. The van der Waals surface area contributed by atoms with E-state index in [-0.39, 0.29) is 22.3 Å². The lowest BCUT2D eigenvalue weighted by molar-refractivity contribution is -0.194. The van der Waals surface area contributed by atoms with Crippen LogP contribution >= 0.6 is 11.6 Å². The van der Waals surface area contributed by atoms with Crippen LogP contribution in [0.15, 0.2) is 30.6 Å². The molecule has 2 aromatic heterocycles. The van der Waals surface area contributed by atoms with E-state index in [4.69, 9.17) is 31.5 Å². The fourth-order valence-corrected chi connectivity index (χ4v) is 4.66. The molecule has 0 spiro atoms. The Balaban J connectivity index is 1.39. The van der Waals surface area contributed by atoms with Gasteiger partial charge < -0.3 is 35.3 Å². The number of carboxylic acid groups (broad SMARTS) is 2. The summed E-state index contributed by atoms with van der Waals surface area (Å²) in [7, 11) is 0. The van der Waals surface area contributed by atoms with Crippen LogP contribution in [0.3, 0.4) is 0 Å². The van der Waals surface area contributed by atoms with Crippen molar-refractivity contribution in [2.24, 2.45) is 0 Å². The summed E-state index contributed by atoms with van der Waals surface area (Å²) in [6.07, 6.45) is -5.98. The van der Waals surface area contributed by atoms with Gasteiger partial charge in [-0.05, 0) is 36.2 Å². The van der Waals surface area contributed by atoms with Crippen molar-refractivity contribution in [2.75, 3.05) is 12.3 Å². The second-order valence-corrected chi connectivity index (χ2v) is 9.01. The second kappa shape index (κ2) is 8.76. The molecule has 1 aromatic carbocycles. The molecule has 0 radical (unpaired) electrons. The predicted molar refractivity (Wildman–Crippen MR) is 123 cm³/mol. The van der Waals surface area contributed by atoms with Gasteiger partial charge in [0.2, 0.25) is 5.28 Å². The number of hydrogen-bond donors (Lipinski definition) is 4. The number of hydrogen-bond acceptors (Lipinski definition) is 10. The molecular weight excluding hydrogens is 517 g/mol. The Labute approximate surface area is 212 Å². The highest BCUT2D eigenvalue weighted by Gasteiger charge is 2.80. The van der Waals surface area contributed by atoms with Gasteiger partial charge in [-0.25, -0.2) is 19.0 Å². The molecule has 3 heterocycles. The minimum absolute atomic E-state index is 0.0470. The van der Waals surface area contributed by atoms with Crippen molar-refractivity contribution in [3.63, 3.8) is 0 Å². The number of anilines is 1. The Morgan fingerprint density at radius 3 is 2.51 bits per heavy atom. The third-order valence-electron chi connectivity index (χ3n) is 6.46. The summed E-state index contributed by atoms with van der Waals surface area (Å²) in [6.45, 7) is 2.20. The zero-order valence-corrected chi connectivity index (χ0v) is 19.9. The molecule has 3 aromatic rings. The van der Waals surface area contributed by atoms with Gasteiger partial charge in [-0.2, -0.15) is 9.97 Å². The average Bonchev–Trinajstić information content (AvgIpc) is 3.09. The van der Waals surface area contributed by atoms with Crippen LogP contribution in [0, 0.1) is 0 Å². The quantitative estimate of drug-likeness (QED) is 0.224. The van der Waals surface area contributed by atoms with Crippen molar-refractivity contribution in [1.29, 1.82) is 0 Å². The number of rotatable bonds is 9. The first-order chi connectivity index (χ1) is 17.5. The fraction of sp³-hybridized carbons (Fsp3) is 0.409. The summed E-state index contributed by atoms with van der Waals surface area (Å²) in [6, 6.07) is 6.08. The molecule has 1 aliphatic heterocycles. The van der Waals surface area contributed by atoms with Crippen molar-refractivity contribution in [2.45, 2.75) is 49.2 Å². The molecular formula is C22H21ClFN5O8. The molecule has 5 atom stereocenters. The predicted octanol–water partition coefficient (Wildman–Crippen LogP) is 0.977. The number of halogens is 2. The largest absolute Gasteiger partial charge is 0.494 e. The van der Waals surface area contributed by atoms with Crippen molar-refractivity contribution in [3.05, 3.63) is 41.4 Å². The second-order valence-electron chi connectivity index (χ2n) is 8.67. The molecule has 2 aliphatic rings. The highest BCUT2D eigenvalue weighted by Crippen LogP contribution is 2.58. The van der Waals surface area contributed by atoms with Crippen molar-refractivity contribution in [1.82, 2.24) is 19.5 Å². The topological polar surface area (TPSA) is 192 Å². The molecule has 15 heteroatoms. The van der Waals surface area contributed by atoms with Crippen LogP contribution in [-0.4, -0.2) is 83.0 Å². The molecule has 13 nitrogen and oxygen atoms in total. The number of carboxylic acids is 2. The summed E-state index contributed by atoms with van der Waals surface area (Å²) in [5.74, 6) is -3.18. The minimum atomic E-state index is -2.83. The lowest BCUT2D eigenvalue weighted by Gasteiger charge is -2.28. The highest BCUT2D eigenvalue weighted by molar-refractivity contribution is 6.28. The number of ether oxygens (including phenoxy) is 3. The Morgan fingerprint density at radius 2 is 1.95 bits per heavy atom. The molecule has 1 saturated heterocycles. The molecule has 5 N–H and O–H groups in total. The number of aromatic nitrogens is 4. The maximum Gasteiger partial charge on any atom is 0.348 e. The van der Waals surface area contributed by atoms with Crippen LogP contribution < -0.4 is 10.5 Å². The van der Waals surface area contributed by atoms with E-state index in [0.29, 0.717) is 17.9 Å². The smallest absolute Gasteiger partial charge is 0.348 e. The van der Waals surface area contributed by atoms with E-state index in [1.54, 1.807) is 19.1 Å². The third-order valence-corrected chi connectivity index (χ3v) is 6.63. The summed E-state index contributed by atoms with van der Waals surface area (Å²) in [4.78, 5) is 36.1. The number of imidazole rings is 1. The molecule has 1 aliphatic carbocycles. The summed E-state index contributed by atoms with van der Waals surface area (Å²) in [5, 5.41) is 30.5. The first-order valence-electron chi connectivity index (χ1n) is 11.1. The number of aliphatic carboxylic acids is 2. The first kappa shape index (κ1) is 25.1. The summed E-state index contributed by atoms with van der Waals surface area (Å²) in [5.41, 5.74) is 1.11. The van der Waals surface area contributed by atoms with Gasteiger partial charge in [-0.1, -0.05) is 12.1 Å². The van der Waals surface area contributed by atoms with E-state index in [1.165, 1.54) is 18.5 Å². The van der Waals surface area contributed by atoms with Gasteiger partial charge in [0.05, 0.1) is 12.9 Å². The van der Waals surface area contributed by atoms with Gasteiger partial charge in [-0.15, -0.1) is 0 Å². The Bertz CT molecular complexity index is 1370. The first-order valence-corrected chi connectivity index (χ1v) is 11.4. The highest BCUT2D eigenvalue weighted by atomic mass is 35.5. The number of carbonyl (C=O) groups is 2. The summed E-state index contributed by atoms with van der Waals surface area (Å²) >= 11 is 5.84. The fourth-order valence-electron chi connectivity index (χ4n) is 4.49. The van der Waals surface area contributed by atoms with E-state index in [9.17, 15) is 24.9 Å². The molecule has 0 bridgehead atoms. The lowest BCUT2D eigenvalue weighted by Crippen LogP contribution is -2.53. The van der Waals surface area contributed by atoms with E-state index >= 15 is 4.39 Å². The number of nitrogens with zero attached hydrogens (tertiary/aromatic N) is 4. The SMILES string of the molecule is CCOc1ccc(CC(OC2[C@H]3O[C@@H](n4cnc5c(N)nc(Cl)nc54)[C@@H](F)[C@@]23O)(C(=O)O)C(=O)O)cc1. The standard InChI is InChI=1S/C22H21ClFN5O8/c1-2-35-10-5-3-9(4-6-10)7-21(18(30)31,19(32)33)37-14-13-22(14,34)12(24)17(36-13)29-8-26-11-15(25)27-20(23)28-16(11)29/h3-6,8,12-14,17,34H,2,7H2,1H3,(H,30,31)(H,32,33)(H2,25,27,28)/t12-,13-,14?,17-,22+/m1/s1. The maximum atomic E-state index is 15.6. The maximum absolute atomic E-state index is 15.6. The van der Waals surface area contributed by atoms with Crippen LogP contribution in [0.2, 0.25) is 5.28 Å². The van der Waals surface area contributed by atoms with Gasteiger partial charge >= 0.3 is 11.9 Å². The average molecular weight is 538 g/mol. The normalized spacial score (nSPS) is 26.7.